The third kappa shape index (κ3) is 3.23. The van der Waals surface area contributed by atoms with Crippen LogP contribution in [0.1, 0.15) is 29.7 Å². The van der Waals surface area contributed by atoms with Crippen LogP contribution in [0.5, 0.6) is 0 Å². The van der Waals surface area contributed by atoms with Gasteiger partial charge in [0, 0.05) is 32.3 Å². The minimum Gasteiger partial charge on any atom is -0.336 e. The summed E-state index contributed by atoms with van der Waals surface area (Å²) in [6.45, 7) is 2.44. The Kier molecular flexibility index (Phi) is 4.10. The van der Waals surface area contributed by atoms with Gasteiger partial charge in [0.25, 0.3) is 5.91 Å². The van der Waals surface area contributed by atoms with Crippen molar-refractivity contribution in [3.05, 3.63) is 47.9 Å². The average molecular weight is 316 g/mol. The normalized spacial score (nSPS) is 17.3. The number of hydrogen-bond acceptors (Lipinski definition) is 3. The first-order valence-electron chi connectivity index (χ1n) is 7.41. The van der Waals surface area contributed by atoms with Gasteiger partial charge >= 0.3 is 0 Å². The third-order valence-corrected chi connectivity index (χ3v) is 3.84. The Balaban J connectivity index is 1.69. The first-order valence-corrected chi connectivity index (χ1v) is 7.41. The molecule has 120 valence electrons. The van der Waals surface area contributed by atoms with E-state index in [0.29, 0.717) is 18.9 Å². The molecule has 7 heteroatoms. The monoisotopic (exact) mass is 316 g/mol. The van der Waals surface area contributed by atoms with Gasteiger partial charge in [-0.05, 0) is 18.6 Å². The van der Waals surface area contributed by atoms with Crippen LogP contribution >= 0.6 is 0 Å². The van der Waals surface area contributed by atoms with E-state index in [2.05, 4.69) is 10.4 Å². The van der Waals surface area contributed by atoms with Crippen LogP contribution in [0.4, 0.5) is 10.2 Å². The lowest BCUT2D eigenvalue weighted by molar-refractivity contribution is -0.114. The van der Waals surface area contributed by atoms with Crippen LogP contribution in [-0.2, 0) is 4.79 Å². The van der Waals surface area contributed by atoms with Crippen LogP contribution in [-0.4, -0.2) is 39.6 Å². The molecule has 1 N–H and O–H groups in total. The Hall–Kier alpha value is -2.70. The van der Waals surface area contributed by atoms with Gasteiger partial charge in [0.05, 0.1) is 11.6 Å². The first-order chi connectivity index (χ1) is 11.0. The summed E-state index contributed by atoms with van der Waals surface area (Å²) in [5, 5.41) is 6.90. The zero-order chi connectivity index (χ0) is 16.4. The maximum Gasteiger partial charge on any atom is 0.256 e. The summed E-state index contributed by atoms with van der Waals surface area (Å²) in [6.07, 6.45) is 2.51. The van der Waals surface area contributed by atoms with Crippen molar-refractivity contribution < 1.29 is 14.0 Å². The van der Waals surface area contributed by atoms with Crippen molar-refractivity contribution in [2.75, 3.05) is 18.4 Å². The molecular formula is C16H17FN4O2. The van der Waals surface area contributed by atoms with E-state index in [9.17, 15) is 14.0 Å². The average Bonchev–Trinajstić information content (AvgIpc) is 3.15. The number of likely N-dealkylation sites (tertiary alicyclic amines) is 1. The number of carbonyl (C=O) groups is 2. The van der Waals surface area contributed by atoms with Crippen LogP contribution < -0.4 is 5.32 Å². The maximum atomic E-state index is 13.7. The fourth-order valence-corrected chi connectivity index (χ4v) is 2.74. The quantitative estimate of drug-likeness (QED) is 0.942. The number of amides is 2. The van der Waals surface area contributed by atoms with Gasteiger partial charge in [0.2, 0.25) is 5.91 Å². The predicted octanol–water partition coefficient (Wildman–Crippen LogP) is 2.07. The summed E-state index contributed by atoms with van der Waals surface area (Å²) in [5.74, 6) is -0.512. The minimum absolute atomic E-state index is 0.0215. The summed E-state index contributed by atoms with van der Waals surface area (Å²) in [7, 11) is 0. The molecular weight excluding hydrogens is 299 g/mol. The molecule has 1 aliphatic heterocycles. The molecule has 2 amide bonds. The molecule has 1 atom stereocenters. The van der Waals surface area contributed by atoms with Crippen LogP contribution in [0, 0.1) is 5.82 Å². The van der Waals surface area contributed by atoms with Crippen LogP contribution in [0.2, 0.25) is 0 Å². The Morgan fingerprint density at radius 1 is 1.30 bits per heavy atom. The molecule has 0 bridgehead atoms. The van der Waals surface area contributed by atoms with Gasteiger partial charge in [-0.3, -0.25) is 14.3 Å². The molecule has 1 unspecified atom stereocenters. The topological polar surface area (TPSA) is 67.2 Å². The Morgan fingerprint density at radius 2 is 2.09 bits per heavy atom. The van der Waals surface area contributed by atoms with E-state index in [0.717, 1.165) is 6.42 Å². The highest BCUT2D eigenvalue weighted by Crippen LogP contribution is 2.24. The van der Waals surface area contributed by atoms with Crippen molar-refractivity contribution in [3.63, 3.8) is 0 Å². The molecule has 3 rings (SSSR count). The fourth-order valence-electron chi connectivity index (χ4n) is 2.74. The van der Waals surface area contributed by atoms with E-state index in [1.54, 1.807) is 34.0 Å². The number of rotatable bonds is 3. The molecule has 2 heterocycles. The molecule has 1 aliphatic rings. The number of anilines is 1. The highest BCUT2D eigenvalue weighted by molar-refractivity contribution is 5.94. The van der Waals surface area contributed by atoms with Gasteiger partial charge in [-0.25, -0.2) is 4.39 Å². The molecule has 1 aromatic carbocycles. The first kappa shape index (κ1) is 15.2. The maximum absolute atomic E-state index is 13.7. The Bertz CT molecular complexity index is 743. The van der Waals surface area contributed by atoms with E-state index < -0.39 is 5.82 Å². The van der Waals surface area contributed by atoms with E-state index in [1.165, 1.54) is 19.1 Å². The summed E-state index contributed by atoms with van der Waals surface area (Å²) >= 11 is 0. The minimum atomic E-state index is -0.506. The molecule has 0 spiro atoms. The smallest absolute Gasteiger partial charge is 0.256 e. The molecule has 2 aromatic rings. The van der Waals surface area contributed by atoms with Gasteiger partial charge in [0.1, 0.15) is 5.82 Å². The van der Waals surface area contributed by atoms with E-state index in [1.807, 2.05) is 0 Å². The molecule has 23 heavy (non-hydrogen) atoms. The molecule has 6 nitrogen and oxygen atoms in total. The van der Waals surface area contributed by atoms with Crippen molar-refractivity contribution in [1.82, 2.24) is 14.7 Å². The molecule has 0 saturated carbocycles. The van der Waals surface area contributed by atoms with Crippen molar-refractivity contribution in [2.45, 2.75) is 19.4 Å². The van der Waals surface area contributed by atoms with Gasteiger partial charge < -0.3 is 10.2 Å². The predicted molar refractivity (Wildman–Crippen MR) is 82.5 cm³/mol. The molecule has 1 fully saturated rings. The number of aromatic nitrogens is 2. The second-order valence-corrected chi connectivity index (χ2v) is 5.54. The second-order valence-electron chi connectivity index (χ2n) is 5.54. The number of nitrogens with zero attached hydrogens (tertiary/aromatic N) is 3. The lowest BCUT2D eigenvalue weighted by Crippen LogP contribution is -2.29. The lowest BCUT2D eigenvalue weighted by atomic mass is 10.2. The highest BCUT2D eigenvalue weighted by atomic mass is 19.1. The Morgan fingerprint density at radius 3 is 2.83 bits per heavy atom. The van der Waals surface area contributed by atoms with Crippen molar-refractivity contribution in [3.8, 4) is 0 Å². The highest BCUT2D eigenvalue weighted by Gasteiger charge is 2.29. The van der Waals surface area contributed by atoms with E-state index in [4.69, 9.17) is 0 Å². The summed E-state index contributed by atoms with van der Waals surface area (Å²) in [5.41, 5.74) is 0.0903. The number of carbonyl (C=O) groups excluding carboxylic acids is 2. The van der Waals surface area contributed by atoms with Gasteiger partial charge in [-0.2, -0.15) is 5.10 Å². The van der Waals surface area contributed by atoms with E-state index >= 15 is 0 Å². The lowest BCUT2D eigenvalue weighted by Gasteiger charge is -2.17. The molecule has 0 aliphatic carbocycles. The number of benzene rings is 1. The summed E-state index contributed by atoms with van der Waals surface area (Å²) in [6, 6.07) is 7.72. The van der Waals surface area contributed by atoms with Gasteiger partial charge in [0.15, 0.2) is 5.82 Å². The molecule has 1 aromatic heterocycles. The van der Waals surface area contributed by atoms with Crippen LogP contribution in [0.25, 0.3) is 0 Å². The number of halogens is 1. The van der Waals surface area contributed by atoms with Crippen molar-refractivity contribution in [1.29, 1.82) is 0 Å². The third-order valence-electron chi connectivity index (χ3n) is 3.84. The second kappa shape index (κ2) is 6.20. The summed E-state index contributed by atoms with van der Waals surface area (Å²) in [4.78, 5) is 25.0. The van der Waals surface area contributed by atoms with Crippen molar-refractivity contribution >= 4 is 17.6 Å². The zero-order valence-corrected chi connectivity index (χ0v) is 12.7. The van der Waals surface area contributed by atoms with Crippen LogP contribution in [0.3, 0.4) is 0 Å². The van der Waals surface area contributed by atoms with Crippen molar-refractivity contribution in [2.24, 2.45) is 0 Å². The standard InChI is InChI=1S/C16H17FN4O2/c1-11(22)18-15-7-9-21(19-15)12-6-8-20(10-12)16(23)13-4-2-3-5-14(13)17/h2-5,7,9,12H,6,8,10H2,1H3,(H,18,19,22). The van der Waals surface area contributed by atoms with Gasteiger partial charge in [-0.1, -0.05) is 12.1 Å². The van der Waals surface area contributed by atoms with E-state index in [-0.39, 0.29) is 23.4 Å². The zero-order valence-electron chi connectivity index (χ0n) is 12.7. The number of hydrogen-bond donors (Lipinski definition) is 1. The molecule has 1 saturated heterocycles. The summed E-state index contributed by atoms with van der Waals surface area (Å²) < 4.78 is 15.5. The molecule has 0 radical (unpaired) electrons. The fraction of sp³-hybridized carbons (Fsp3) is 0.312. The largest absolute Gasteiger partial charge is 0.336 e. The van der Waals surface area contributed by atoms with Crippen LogP contribution in [0.15, 0.2) is 36.5 Å². The Labute approximate surface area is 132 Å². The number of nitrogens with one attached hydrogen (secondary N) is 1. The van der Waals surface area contributed by atoms with Gasteiger partial charge in [-0.15, -0.1) is 0 Å². The SMILES string of the molecule is CC(=O)Nc1ccn(C2CCN(C(=O)c3ccccc3F)C2)n1.